The Morgan fingerprint density at radius 3 is 1.27 bits per heavy atom. The van der Waals surface area contributed by atoms with Gasteiger partial charge in [-0.3, -0.25) is 0 Å². The molecule has 210 valence electrons. The van der Waals surface area contributed by atoms with E-state index < -0.39 is 0 Å². The van der Waals surface area contributed by atoms with E-state index in [9.17, 15) is 5.11 Å². The molecule has 4 aromatic rings. The van der Waals surface area contributed by atoms with Gasteiger partial charge in [0.05, 0.1) is 0 Å². The quantitative estimate of drug-likeness (QED) is 0.227. The van der Waals surface area contributed by atoms with Gasteiger partial charge in [-0.1, -0.05) is 81.4 Å². The van der Waals surface area contributed by atoms with E-state index in [1.54, 1.807) is 0 Å². The lowest BCUT2D eigenvalue weighted by molar-refractivity contribution is 0.458. The fraction of sp³-hybridized carbons (Fsp3) is 0.385. The minimum absolute atomic E-state index is 0.199. The Morgan fingerprint density at radius 2 is 0.850 bits per heavy atom. The van der Waals surface area contributed by atoms with Crippen molar-refractivity contribution in [2.45, 2.75) is 99.3 Å². The maximum atomic E-state index is 11.5. The molecule has 4 aromatic carbocycles. The second-order valence-electron chi connectivity index (χ2n) is 12.4. The summed E-state index contributed by atoms with van der Waals surface area (Å²) in [5.74, 6) is 1.25. The highest BCUT2D eigenvalue weighted by Gasteiger charge is 2.26. The lowest BCUT2D eigenvalue weighted by Gasteiger charge is -2.29. The van der Waals surface area contributed by atoms with Gasteiger partial charge < -0.3 is 5.11 Å². The molecule has 1 heteroatoms. The number of hydrogen-bond donors (Lipinski definition) is 1. The van der Waals surface area contributed by atoms with Crippen molar-refractivity contribution in [1.82, 2.24) is 0 Å². The van der Waals surface area contributed by atoms with Gasteiger partial charge in [0.2, 0.25) is 0 Å². The van der Waals surface area contributed by atoms with Gasteiger partial charge in [-0.15, -0.1) is 0 Å². The zero-order valence-electron chi connectivity index (χ0n) is 26.2. The lowest BCUT2D eigenvalue weighted by Crippen LogP contribution is -2.14. The molecule has 0 spiro atoms. The SMILES string of the molecule is Cc1cccc(CC(C)c2ccc(O)c(C(C)Cc3cccc(C)c3C)c2C(C)Cc2cccc(C)c2C)c1C. The summed E-state index contributed by atoms with van der Waals surface area (Å²) in [5, 5.41) is 11.5. The molecule has 0 bridgehead atoms. The number of phenols is 1. The van der Waals surface area contributed by atoms with Gasteiger partial charge in [-0.2, -0.15) is 0 Å². The fourth-order valence-electron chi connectivity index (χ4n) is 6.54. The minimum Gasteiger partial charge on any atom is -0.508 e. The first-order valence-electron chi connectivity index (χ1n) is 15.0. The first kappa shape index (κ1) is 29.7. The zero-order chi connectivity index (χ0) is 29.1. The summed E-state index contributed by atoms with van der Waals surface area (Å²) in [4.78, 5) is 0. The highest BCUT2D eigenvalue weighted by atomic mass is 16.3. The second kappa shape index (κ2) is 12.5. The van der Waals surface area contributed by atoms with Crippen molar-refractivity contribution in [3.8, 4) is 5.75 Å². The third-order valence-electron chi connectivity index (χ3n) is 9.54. The molecule has 4 rings (SSSR count). The average Bonchev–Trinajstić information content (AvgIpc) is 2.91. The Morgan fingerprint density at radius 1 is 0.475 bits per heavy atom. The van der Waals surface area contributed by atoms with E-state index >= 15 is 0 Å². The molecule has 0 aliphatic carbocycles. The Hall–Kier alpha value is -3.32. The largest absolute Gasteiger partial charge is 0.508 e. The molecule has 0 amide bonds. The van der Waals surface area contributed by atoms with Crippen molar-refractivity contribution in [3.63, 3.8) is 0 Å². The number of hydrogen-bond acceptors (Lipinski definition) is 1. The number of aryl methyl sites for hydroxylation is 3. The monoisotopic (exact) mass is 532 g/mol. The molecule has 3 unspecified atom stereocenters. The van der Waals surface area contributed by atoms with Crippen LogP contribution < -0.4 is 0 Å². The molecule has 40 heavy (non-hydrogen) atoms. The molecular formula is C39H48O. The van der Waals surface area contributed by atoms with Gasteiger partial charge in [-0.05, 0) is 146 Å². The average molecular weight is 533 g/mol. The van der Waals surface area contributed by atoms with Crippen molar-refractivity contribution in [3.05, 3.63) is 133 Å². The summed E-state index contributed by atoms with van der Waals surface area (Å²) < 4.78 is 0. The summed E-state index contributed by atoms with van der Waals surface area (Å²) in [7, 11) is 0. The van der Waals surface area contributed by atoms with Gasteiger partial charge in [0.25, 0.3) is 0 Å². The van der Waals surface area contributed by atoms with Crippen molar-refractivity contribution in [2.24, 2.45) is 0 Å². The maximum absolute atomic E-state index is 11.5. The molecule has 0 aromatic heterocycles. The number of phenolic OH excluding ortho intramolecular Hbond substituents is 1. The number of aromatic hydroxyl groups is 1. The van der Waals surface area contributed by atoms with E-state index in [1.807, 2.05) is 6.07 Å². The van der Waals surface area contributed by atoms with Crippen LogP contribution >= 0.6 is 0 Å². The van der Waals surface area contributed by atoms with E-state index in [0.29, 0.717) is 11.7 Å². The molecule has 0 saturated carbocycles. The summed E-state index contributed by atoms with van der Waals surface area (Å²) in [6, 6.07) is 24.1. The highest BCUT2D eigenvalue weighted by molar-refractivity contribution is 5.51. The highest BCUT2D eigenvalue weighted by Crippen LogP contribution is 2.42. The maximum Gasteiger partial charge on any atom is 0.119 e. The van der Waals surface area contributed by atoms with Gasteiger partial charge >= 0.3 is 0 Å². The molecule has 3 atom stereocenters. The van der Waals surface area contributed by atoms with Crippen molar-refractivity contribution >= 4 is 0 Å². The van der Waals surface area contributed by atoms with Crippen LogP contribution in [0.25, 0.3) is 0 Å². The van der Waals surface area contributed by atoms with Crippen molar-refractivity contribution in [1.29, 1.82) is 0 Å². The van der Waals surface area contributed by atoms with Crippen LogP contribution in [0.1, 0.15) is 105 Å². The Balaban J connectivity index is 1.81. The number of benzene rings is 4. The van der Waals surface area contributed by atoms with Gasteiger partial charge in [0.15, 0.2) is 0 Å². The van der Waals surface area contributed by atoms with Crippen LogP contribution in [0.4, 0.5) is 0 Å². The molecule has 1 N–H and O–H groups in total. The molecule has 0 radical (unpaired) electrons. The summed E-state index contributed by atoms with van der Waals surface area (Å²) in [6.45, 7) is 20.3. The van der Waals surface area contributed by atoms with Crippen LogP contribution in [0.15, 0.2) is 66.7 Å². The standard InChI is InChI=1S/C39H48O/c1-24-13-10-16-33(30(24)7)21-27(4)36-19-20-37(40)39(29(6)23-35-18-12-15-26(3)32(35)9)38(36)28(5)22-34-17-11-14-25(2)31(34)8/h10-20,27-29,40H,21-23H2,1-9H3. The number of rotatable bonds is 9. The first-order valence-corrected chi connectivity index (χ1v) is 15.0. The van der Waals surface area contributed by atoms with Crippen LogP contribution in [0.2, 0.25) is 0 Å². The van der Waals surface area contributed by atoms with Gasteiger partial charge in [0.1, 0.15) is 5.75 Å². The first-order chi connectivity index (χ1) is 19.0. The topological polar surface area (TPSA) is 20.2 Å². The molecule has 0 fully saturated rings. The van der Waals surface area contributed by atoms with Gasteiger partial charge in [0, 0.05) is 5.56 Å². The third kappa shape index (κ3) is 6.20. The lowest BCUT2D eigenvalue weighted by atomic mass is 9.76. The van der Waals surface area contributed by atoms with E-state index in [0.717, 1.165) is 24.8 Å². The van der Waals surface area contributed by atoms with Crippen LogP contribution in [-0.2, 0) is 19.3 Å². The van der Waals surface area contributed by atoms with E-state index in [-0.39, 0.29) is 11.8 Å². The molecule has 0 aliphatic heterocycles. The van der Waals surface area contributed by atoms with Crippen molar-refractivity contribution in [2.75, 3.05) is 0 Å². The van der Waals surface area contributed by atoms with Crippen LogP contribution in [-0.4, -0.2) is 5.11 Å². The molecule has 1 nitrogen and oxygen atoms in total. The zero-order valence-corrected chi connectivity index (χ0v) is 26.2. The van der Waals surface area contributed by atoms with Crippen LogP contribution in [0.5, 0.6) is 5.75 Å². The molecule has 0 aliphatic rings. The molecular weight excluding hydrogens is 484 g/mol. The predicted molar refractivity (Wildman–Crippen MR) is 172 cm³/mol. The van der Waals surface area contributed by atoms with E-state index in [4.69, 9.17) is 0 Å². The second-order valence-corrected chi connectivity index (χ2v) is 12.4. The van der Waals surface area contributed by atoms with E-state index in [1.165, 1.54) is 61.2 Å². The Kier molecular flexibility index (Phi) is 9.24. The molecule has 0 saturated heterocycles. The summed E-state index contributed by atoms with van der Waals surface area (Å²) in [5.41, 5.74) is 16.2. The minimum atomic E-state index is 0.199. The van der Waals surface area contributed by atoms with Crippen LogP contribution in [0.3, 0.4) is 0 Å². The van der Waals surface area contributed by atoms with Gasteiger partial charge in [-0.25, -0.2) is 0 Å². The third-order valence-corrected chi connectivity index (χ3v) is 9.54. The van der Waals surface area contributed by atoms with Crippen molar-refractivity contribution < 1.29 is 5.11 Å². The normalized spacial score (nSPS) is 13.7. The molecule has 0 heterocycles. The van der Waals surface area contributed by atoms with E-state index in [2.05, 4.69) is 123 Å². The summed E-state index contributed by atoms with van der Waals surface area (Å²) in [6.07, 6.45) is 2.87. The predicted octanol–water partition coefficient (Wildman–Crippen LogP) is 10.3. The Bertz CT molecular complexity index is 1490. The summed E-state index contributed by atoms with van der Waals surface area (Å²) >= 11 is 0. The Labute approximate surface area is 243 Å². The fourth-order valence-corrected chi connectivity index (χ4v) is 6.54. The van der Waals surface area contributed by atoms with Crippen LogP contribution in [0, 0.1) is 41.5 Å². The smallest absolute Gasteiger partial charge is 0.119 e.